The number of rotatable bonds is 2. The van der Waals surface area contributed by atoms with Crippen LogP contribution in [0.25, 0.3) is 0 Å². The number of carbonyl (C=O) groups excluding carboxylic acids is 1. The highest BCUT2D eigenvalue weighted by Gasteiger charge is 2.46. The van der Waals surface area contributed by atoms with Crippen molar-refractivity contribution in [2.45, 2.75) is 38.2 Å². The summed E-state index contributed by atoms with van der Waals surface area (Å²) in [7, 11) is 0. The summed E-state index contributed by atoms with van der Waals surface area (Å²) >= 11 is 13.6. The number of aliphatic hydroxyl groups is 1. The van der Waals surface area contributed by atoms with E-state index < -0.39 is 5.60 Å². The molecule has 4 rings (SSSR count). The Morgan fingerprint density at radius 2 is 1.90 bits per heavy atom. The van der Waals surface area contributed by atoms with Crippen molar-refractivity contribution in [3.63, 3.8) is 0 Å². The number of benzene rings is 2. The highest BCUT2D eigenvalue weighted by atomic mass is 79.9. The van der Waals surface area contributed by atoms with Crippen LogP contribution in [0.5, 0.6) is 0 Å². The van der Waals surface area contributed by atoms with Gasteiger partial charge in [-0.3, -0.25) is 0 Å². The molecule has 0 aromatic heterocycles. The summed E-state index contributed by atoms with van der Waals surface area (Å²) in [4.78, 5) is 13.9. The SMILES string of the molecule is CCOC(=O)N1CCC(C2(O)c3ccc(Br)cc3CCc3cc(Cl)cc(Br)c32)CC1. The average molecular weight is 558 g/mol. The van der Waals surface area contributed by atoms with E-state index in [1.165, 1.54) is 0 Å². The van der Waals surface area contributed by atoms with Crippen LogP contribution < -0.4 is 0 Å². The van der Waals surface area contributed by atoms with Crippen molar-refractivity contribution in [3.05, 3.63) is 66.6 Å². The molecular weight excluding hydrogens is 534 g/mol. The Balaban J connectivity index is 1.79. The molecule has 160 valence electrons. The van der Waals surface area contributed by atoms with E-state index in [1.807, 2.05) is 31.2 Å². The molecule has 1 heterocycles. The number of aryl methyl sites for hydroxylation is 2. The number of halogens is 3. The van der Waals surface area contributed by atoms with Crippen LogP contribution in [0.2, 0.25) is 5.02 Å². The molecule has 1 aliphatic heterocycles. The Hall–Kier alpha value is -1.08. The molecule has 1 amide bonds. The van der Waals surface area contributed by atoms with Crippen molar-refractivity contribution in [3.8, 4) is 0 Å². The van der Waals surface area contributed by atoms with Gasteiger partial charge in [0, 0.05) is 32.6 Å². The maximum atomic E-state index is 12.4. The summed E-state index contributed by atoms with van der Waals surface area (Å²) in [6.45, 7) is 3.32. The molecule has 30 heavy (non-hydrogen) atoms. The fourth-order valence-corrected chi connectivity index (χ4v) is 6.50. The normalized spacial score (nSPS) is 21.6. The van der Waals surface area contributed by atoms with Crippen LogP contribution in [0.15, 0.2) is 39.3 Å². The fourth-order valence-electron chi connectivity index (χ4n) is 4.91. The van der Waals surface area contributed by atoms with Crippen molar-refractivity contribution in [1.82, 2.24) is 4.90 Å². The second-order valence-corrected chi connectivity index (χ2v) is 10.2. The van der Waals surface area contributed by atoms with Gasteiger partial charge in [0.1, 0.15) is 5.60 Å². The number of hydrogen-bond donors (Lipinski definition) is 1. The second kappa shape index (κ2) is 8.81. The van der Waals surface area contributed by atoms with Crippen molar-refractivity contribution in [2.24, 2.45) is 5.92 Å². The molecule has 4 nitrogen and oxygen atoms in total. The van der Waals surface area contributed by atoms with Crippen molar-refractivity contribution in [1.29, 1.82) is 0 Å². The van der Waals surface area contributed by atoms with Crippen LogP contribution in [0.3, 0.4) is 0 Å². The number of hydrogen-bond acceptors (Lipinski definition) is 3. The zero-order valence-electron chi connectivity index (χ0n) is 16.8. The van der Waals surface area contributed by atoms with E-state index in [4.69, 9.17) is 16.3 Å². The number of ether oxygens (including phenoxy) is 1. The highest BCUT2D eigenvalue weighted by Crippen LogP contribution is 2.49. The van der Waals surface area contributed by atoms with Gasteiger partial charge in [0.15, 0.2) is 0 Å². The van der Waals surface area contributed by atoms with Crippen LogP contribution >= 0.6 is 43.5 Å². The van der Waals surface area contributed by atoms with Crippen molar-refractivity contribution >= 4 is 49.6 Å². The molecule has 2 aromatic carbocycles. The van der Waals surface area contributed by atoms with Gasteiger partial charge in [-0.2, -0.15) is 0 Å². The van der Waals surface area contributed by atoms with E-state index in [1.54, 1.807) is 4.90 Å². The molecule has 0 radical (unpaired) electrons. The lowest BCUT2D eigenvalue weighted by Crippen LogP contribution is -2.46. The highest BCUT2D eigenvalue weighted by molar-refractivity contribution is 9.10. The van der Waals surface area contributed by atoms with Crippen LogP contribution in [0.1, 0.15) is 42.0 Å². The first-order valence-corrected chi connectivity index (χ1v) is 12.2. The number of amides is 1. The van der Waals surface area contributed by atoms with Gasteiger partial charge in [0.05, 0.1) is 6.61 Å². The molecule has 1 N–H and O–H groups in total. The van der Waals surface area contributed by atoms with Crippen LogP contribution in [0.4, 0.5) is 4.79 Å². The molecule has 2 aliphatic rings. The largest absolute Gasteiger partial charge is 0.450 e. The predicted octanol–water partition coefficient (Wildman–Crippen LogP) is 6.07. The summed E-state index contributed by atoms with van der Waals surface area (Å²) in [5.41, 5.74) is 2.90. The Morgan fingerprint density at radius 3 is 2.60 bits per heavy atom. The summed E-state index contributed by atoms with van der Waals surface area (Å²) in [5.74, 6) is -0.0302. The molecule has 0 spiro atoms. The maximum Gasteiger partial charge on any atom is 0.409 e. The first-order chi connectivity index (χ1) is 14.3. The van der Waals surface area contributed by atoms with Crippen LogP contribution in [-0.2, 0) is 23.2 Å². The molecule has 1 unspecified atom stereocenters. The van der Waals surface area contributed by atoms with E-state index in [2.05, 4.69) is 37.9 Å². The van der Waals surface area contributed by atoms with E-state index in [0.717, 1.165) is 44.0 Å². The molecule has 0 bridgehead atoms. The molecule has 2 aromatic rings. The van der Waals surface area contributed by atoms with Crippen LogP contribution in [-0.4, -0.2) is 35.8 Å². The number of nitrogens with zero attached hydrogens (tertiary/aromatic N) is 1. The van der Waals surface area contributed by atoms with Gasteiger partial charge in [-0.25, -0.2) is 4.79 Å². The second-order valence-electron chi connectivity index (χ2n) is 7.95. The summed E-state index contributed by atoms with van der Waals surface area (Å²) in [5, 5.41) is 13.1. The third kappa shape index (κ3) is 3.92. The summed E-state index contributed by atoms with van der Waals surface area (Å²) in [6, 6.07) is 9.97. The molecular formula is C23H24Br2ClNO3. The minimum atomic E-state index is -1.16. The van der Waals surface area contributed by atoms with Gasteiger partial charge < -0.3 is 14.7 Å². The number of likely N-dealkylation sites (tertiary alicyclic amines) is 1. The first kappa shape index (κ1) is 22.1. The zero-order valence-corrected chi connectivity index (χ0v) is 20.7. The Morgan fingerprint density at radius 1 is 1.20 bits per heavy atom. The molecule has 1 saturated heterocycles. The Labute approximate surface area is 198 Å². The molecule has 7 heteroatoms. The van der Waals surface area contributed by atoms with Crippen LogP contribution in [0, 0.1) is 5.92 Å². The lowest BCUT2D eigenvalue weighted by molar-refractivity contribution is -0.0151. The Kier molecular flexibility index (Phi) is 6.50. The van der Waals surface area contributed by atoms with Crippen molar-refractivity contribution < 1.29 is 14.6 Å². The predicted molar refractivity (Wildman–Crippen MR) is 125 cm³/mol. The molecule has 1 fully saturated rings. The molecule has 0 saturated carbocycles. The standard InChI is InChI=1S/C23H24Br2ClNO3/c1-2-30-22(28)27-9-7-16(8-10-27)23(29)19-6-5-17(24)11-14(19)3-4-15-12-18(26)13-20(25)21(15)23/h5-6,11-13,16,29H,2-4,7-10H2,1H3. The quantitative estimate of drug-likeness (QED) is 0.488. The summed E-state index contributed by atoms with van der Waals surface area (Å²) in [6.07, 6.45) is 2.75. The molecule has 1 aliphatic carbocycles. The van der Waals surface area contributed by atoms with E-state index in [9.17, 15) is 9.90 Å². The maximum absolute atomic E-state index is 12.4. The van der Waals surface area contributed by atoms with E-state index >= 15 is 0 Å². The summed E-state index contributed by atoms with van der Waals surface area (Å²) < 4.78 is 7.00. The molecule has 1 atom stereocenters. The smallest absolute Gasteiger partial charge is 0.409 e. The third-order valence-electron chi connectivity index (χ3n) is 6.27. The lowest BCUT2D eigenvalue weighted by atomic mass is 9.70. The van der Waals surface area contributed by atoms with Gasteiger partial charge in [-0.15, -0.1) is 0 Å². The van der Waals surface area contributed by atoms with Gasteiger partial charge in [-0.05, 0) is 79.5 Å². The van der Waals surface area contributed by atoms with E-state index in [-0.39, 0.29) is 12.0 Å². The van der Waals surface area contributed by atoms with Gasteiger partial charge in [-0.1, -0.05) is 49.5 Å². The minimum absolute atomic E-state index is 0.0302. The zero-order chi connectivity index (χ0) is 21.5. The third-order valence-corrected chi connectivity index (χ3v) is 7.61. The van der Waals surface area contributed by atoms with Gasteiger partial charge in [0.25, 0.3) is 0 Å². The average Bonchev–Trinajstić information content (AvgIpc) is 2.83. The number of piperidine rings is 1. The topological polar surface area (TPSA) is 49.8 Å². The fraction of sp³-hybridized carbons (Fsp3) is 0.435. The minimum Gasteiger partial charge on any atom is -0.450 e. The van der Waals surface area contributed by atoms with Gasteiger partial charge in [0.2, 0.25) is 0 Å². The van der Waals surface area contributed by atoms with E-state index in [0.29, 0.717) is 37.6 Å². The van der Waals surface area contributed by atoms with Gasteiger partial charge >= 0.3 is 6.09 Å². The first-order valence-electron chi connectivity index (χ1n) is 10.3. The monoisotopic (exact) mass is 555 g/mol. The van der Waals surface area contributed by atoms with Crippen molar-refractivity contribution in [2.75, 3.05) is 19.7 Å². The number of fused-ring (bicyclic) bond motifs is 2. The lowest BCUT2D eigenvalue weighted by Gasteiger charge is -2.43. The number of carbonyl (C=O) groups is 1. The Bertz CT molecular complexity index is 975.